The summed E-state index contributed by atoms with van der Waals surface area (Å²) in [6.45, 7) is 1.93. The van der Waals surface area contributed by atoms with Crippen LogP contribution in [-0.4, -0.2) is 36.9 Å². The molecule has 0 spiro atoms. The van der Waals surface area contributed by atoms with Crippen LogP contribution in [-0.2, 0) is 27.7 Å². The van der Waals surface area contributed by atoms with Gasteiger partial charge in [-0.25, -0.2) is 12.8 Å². The summed E-state index contributed by atoms with van der Waals surface area (Å²) in [6.07, 6.45) is 8.25. The third-order valence-corrected chi connectivity index (χ3v) is 9.18. The van der Waals surface area contributed by atoms with Gasteiger partial charge in [-0.2, -0.15) is 4.31 Å². The zero-order valence-corrected chi connectivity index (χ0v) is 21.6. The van der Waals surface area contributed by atoms with Crippen LogP contribution in [0.3, 0.4) is 0 Å². The van der Waals surface area contributed by atoms with Gasteiger partial charge >= 0.3 is 0 Å². The van der Waals surface area contributed by atoms with E-state index in [4.69, 9.17) is 4.52 Å². The molecule has 0 unspecified atom stereocenters. The Balaban J connectivity index is 1.35. The topological polar surface area (TPSA) is 92.5 Å². The first kappa shape index (κ1) is 25.4. The number of carbonyl (C=O) groups excluding carboxylic acids is 1. The third kappa shape index (κ3) is 5.24. The van der Waals surface area contributed by atoms with Crippen LogP contribution in [0.15, 0.2) is 51.9 Å². The van der Waals surface area contributed by atoms with E-state index in [0.29, 0.717) is 24.9 Å². The molecule has 1 aromatic heterocycles. The van der Waals surface area contributed by atoms with Crippen LogP contribution in [0.1, 0.15) is 53.8 Å². The summed E-state index contributed by atoms with van der Waals surface area (Å²) in [5.74, 6) is -1.03. The molecule has 5 rings (SSSR count). The lowest BCUT2D eigenvalue weighted by Crippen LogP contribution is -2.44. The van der Waals surface area contributed by atoms with Crippen molar-refractivity contribution < 1.29 is 22.1 Å². The van der Waals surface area contributed by atoms with E-state index in [9.17, 15) is 17.6 Å². The monoisotopic (exact) mass is 523 g/mol. The van der Waals surface area contributed by atoms with E-state index in [1.807, 2.05) is 12.1 Å². The molecular formula is C28H30FN3O4S. The van der Waals surface area contributed by atoms with Crippen LogP contribution in [0.2, 0.25) is 0 Å². The number of hydrogen-bond donors (Lipinski definition) is 1. The van der Waals surface area contributed by atoms with Crippen molar-refractivity contribution in [2.24, 2.45) is 5.92 Å². The number of aryl methyl sites for hydroxylation is 2. The number of sulfonamides is 1. The average Bonchev–Trinajstić information content (AvgIpc) is 3.29. The Morgan fingerprint density at radius 2 is 1.92 bits per heavy atom. The van der Waals surface area contributed by atoms with Gasteiger partial charge in [0.05, 0.1) is 5.92 Å². The zero-order chi connectivity index (χ0) is 26.0. The van der Waals surface area contributed by atoms with E-state index >= 15 is 0 Å². The standard InChI is InChI=1S/C28H30FN3O4S/c1-19-27(26(36-31-19)16-15-21-9-3-5-13-24(21)29)37(34,35)32-17-7-11-22(18-32)28(33)30-25-14-6-10-20-8-2-4-12-23(20)25/h3,5-6,9-10,13-16,22H,2,4,7-8,11-12,17-18H2,1H3,(H,30,33)/b16-15+/t22-/m1/s1. The van der Waals surface area contributed by atoms with Crippen LogP contribution in [0, 0.1) is 18.7 Å². The molecule has 1 amide bonds. The number of aromatic nitrogens is 1. The van der Waals surface area contributed by atoms with E-state index in [2.05, 4.69) is 16.5 Å². The Hall–Kier alpha value is -3.30. The van der Waals surface area contributed by atoms with Crippen LogP contribution < -0.4 is 5.32 Å². The number of piperidine rings is 1. The van der Waals surface area contributed by atoms with Crippen molar-refractivity contribution in [2.45, 2.75) is 50.3 Å². The molecular weight excluding hydrogens is 493 g/mol. The largest absolute Gasteiger partial charge is 0.355 e. The van der Waals surface area contributed by atoms with E-state index in [0.717, 1.165) is 31.4 Å². The number of nitrogens with one attached hydrogen (secondary N) is 1. The number of rotatable bonds is 6. The summed E-state index contributed by atoms with van der Waals surface area (Å²) in [4.78, 5) is 13.2. The summed E-state index contributed by atoms with van der Waals surface area (Å²) >= 11 is 0. The molecule has 1 fully saturated rings. The van der Waals surface area contributed by atoms with Gasteiger partial charge in [0.2, 0.25) is 15.9 Å². The molecule has 0 bridgehead atoms. The second kappa shape index (κ2) is 10.6. The maximum atomic E-state index is 14.0. The fourth-order valence-electron chi connectivity index (χ4n) is 5.21. The van der Waals surface area contributed by atoms with Gasteiger partial charge in [-0.1, -0.05) is 35.5 Å². The Labute approximate surface area is 216 Å². The van der Waals surface area contributed by atoms with Crippen molar-refractivity contribution in [3.63, 3.8) is 0 Å². The Morgan fingerprint density at radius 3 is 2.76 bits per heavy atom. The molecule has 2 heterocycles. The van der Waals surface area contributed by atoms with E-state index in [1.54, 1.807) is 25.1 Å². The molecule has 1 aliphatic carbocycles. The summed E-state index contributed by atoms with van der Waals surface area (Å²) in [5, 5.41) is 6.93. The van der Waals surface area contributed by atoms with Gasteiger partial charge in [0.1, 0.15) is 11.5 Å². The van der Waals surface area contributed by atoms with Crippen molar-refractivity contribution in [1.82, 2.24) is 9.46 Å². The van der Waals surface area contributed by atoms with Gasteiger partial charge in [-0.05, 0) is 80.9 Å². The number of amides is 1. The highest BCUT2D eigenvalue weighted by molar-refractivity contribution is 7.89. The van der Waals surface area contributed by atoms with Gasteiger partial charge in [-0.3, -0.25) is 4.79 Å². The number of halogens is 1. The molecule has 9 heteroatoms. The SMILES string of the molecule is Cc1noc(/C=C/c2ccccc2F)c1S(=O)(=O)N1CCC[C@@H](C(=O)Nc2cccc3c2CCCC3)C1. The highest BCUT2D eigenvalue weighted by Gasteiger charge is 2.37. The normalized spacial score (nSPS) is 18.6. The number of nitrogens with zero attached hydrogens (tertiary/aromatic N) is 2. The van der Waals surface area contributed by atoms with Crippen molar-refractivity contribution in [3.8, 4) is 0 Å². The van der Waals surface area contributed by atoms with Gasteiger partial charge in [0.25, 0.3) is 0 Å². The Kier molecular flexibility index (Phi) is 7.26. The van der Waals surface area contributed by atoms with Crippen LogP contribution in [0.25, 0.3) is 12.2 Å². The molecule has 3 aromatic rings. The average molecular weight is 524 g/mol. The minimum absolute atomic E-state index is 0.0308. The Morgan fingerprint density at radius 1 is 1.11 bits per heavy atom. The molecule has 1 N–H and O–H groups in total. The van der Waals surface area contributed by atoms with E-state index in [-0.39, 0.29) is 28.8 Å². The van der Waals surface area contributed by atoms with Crippen LogP contribution in [0.5, 0.6) is 0 Å². The molecule has 194 valence electrons. The summed E-state index contributed by atoms with van der Waals surface area (Å²) in [5.41, 5.74) is 3.82. The van der Waals surface area contributed by atoms with Crippen LogP contribution in [0.4, 0.5) is 10.1 Å². The smallest absolute Gasteiger partial charge is 0.248 e. The molecule has 1 saturated heterocycles. The summed E-state index contributed by atoms with van der Waals surface area (Å²) in [6, 6.07) is 12.2. The number of benzene rings is 2. The van der Waals surface area contributed by atoms with E-state index < -0.39 is 21.8 Å². The first-order valence-electron chi connectivity index (χ1n) is 12.7. The highest BCUT2D eigenvalue weighted by Crippen LogP contribution is 2.31. The van der Waals surface area contributed by atoms with Crippen LogP contribution >= 0.6 is 0 Å². The van der Waals surface area contributed by atoms with Gasteiger partial charge in [-0.15, -0.1) is 0 Å². The first-order chi connectivity index (χ1) is 17.8. The number of fused-ring (bicyclic) bond motifs is 1. The number of carbonyl (C=O) groups is 1. The molecule has 1 atom stereocenters. The molecule has 0 saturated carbocycles. The zero-order valence-electron chi connectivity index (χ0n) is 20.7. The fourth-order valence-corrected chi connectivity index (χ4v) is 6.99. The maximum absolute atomic E-state index is 14.0. The summed E-state index contributed by atoms with van der Waals surface area (Å²) in [7, 11) is -4.00. The lowest BCUT2D eigenvalue weighted by molar-refractivity contribution is -0.120. The lowest BCUT2D eigenvalue weighted by atomic mass is 9.90. The molecule has 1 aliphatic heterocycles. The molecule has 7 nitrogen and oxygen atoms in total. The van der Waals surface area contributed by atoms with Crippen molar-refractivity contribution >= 4 is 33.8 Å². The third-order valence-electron chi connectivity index (χ3n) is 7.16. The molecule has 0 radical (unpaired) electrons. The quantitative estimate of drug-likeness (QED) is 0.479. The first-order valence-corrected chi connectivity index (χ1v) is 14.1. The molecule has 2 aromatic carbocycles. The maximum Gasteiger partial charge on any atom is 0.248 e. The number of hydrogen-bond acceptors (Lipinski definition) is 5. The Bertz CT molecular complexity index is 1450. The van der Waals surface area contributed by atoms with Crippen molar-refractivity contribution in [3.05, 3.63) is 76.4 Å². The minimum atomic E-state index is -4.00. The van der Waals surface area contributed by atoms with Crippen molar-refractivity contribution in [1.29, 1.82) is 0 Å². The second-order valence-electron chi connectivity index (χ2n) is 9.66. The fraction of sp³-hybridized carbons (Fsp3) is 0.357. The lowest BCUT2D eigenvalue weighted by Gasteiger charge is -2.31. The van der Waals surface area contributed by atoms with Gasteiger partial charge in [0, 0.05) is 24.3 Å². The minimum Gasteiger partial charge on any atom is -0.355 e. The predicted octanol–water partition coefficient (Wildman–Crippen LogP) is 5.21. The highest BCUT2D eigenvalue weighted by atomic mass is 32.2. The molecule has 37 heavy (non-hydrogen) atoms. The predicted molar refractivity (Wildman–Crippen MR) is 140 cm³/mol. The van der Waals surface area contributed by atoms with Gasteiger partial charge < -0.3 is 9.84 Å². The summed E-state index contributed by atoms with van der Waals surface area (Å²) < 4.78 is 48.0. The number of anilines is 1. The van der Waals surface area contributed by atoms with Gasteiger partial charge in [0.15, 0.2) is 10.7 Å². The second-order valence-corrected chi connectivity index (χ2v) is 11.5. The van der Waals surface area contributed by atoms with E-state index in [1.165, 1.54) is 33.7 Å². The molecule has 2 aliphatic rings. The van der Waals surface area contributed by atoms with Crippen molar-refractivity contribution in [2.75, 3.05) is 18.4 Å².